The third kappa shape index (κ3) is 5.09. The van der Waals surface area contributed by atoms with E-state index in [4.69, 9.17) is 10.5 Å². The lowest BCUT2D eigenvalue weighted by molar-refractivity contribution is 0.341. The van der Waals surface area contributed by atoms with Crippen LogP contribution in [-0.4, -0.2) is 20.8 Å². The second-order valence-corrected chi connectivity index (χ2v) is 7.33. The van der Waals surface area contributed by atoms with E-state index in [0.29, 0.717) is 17.1 Å². The Morgan fingerprint density at radius 1 is 1.14 bits per heavy atom. The minimum absolute atomic E-state index is 0.0577. The summed E-state index contributed by atoms with van der Waals surface area (Å²) in [5.41, 5.74) is 6.77. The molecular weight excluding hydrogens is 403 g/mol. The van der Waals surface area contributed by atoms with E-state index in [1.54, 1.807) is 36.4 Å². The van der Waals surface area contributed by atoms with Gasteiger partial charge in [0.05, 0.1) is 5.69 Å². The average molecular weight is 418 g/mol. The molecule has 0 heterocycles. The Morgan fingerprint density at radius 2 is 1.90 bits per heavy atom. The number of para-hydroxylation sites is 1. The van der Waals surface area contributed by atoms with Gasteiger partial charge in [-0.15, -0.1) is 0 Å². The van der Waals surface area contributed by atoms with E-state index in [-0.39, 0.29) is 12.4 Å². The standard InChI is InChI=1S/C14H15IN2O3S/c15-13-6-1-2-7-14(13)17-21(18,19)9-8-20-12-5-3-4-11(16)10-12/h1-7,10,17H,8-9,16H2. The summed E-state index contributed by atoms with van der Waals surface area (Å²) in [6.07, 6.45) is 0. The van der Waals surface area contributed by atoms with Gasteiger partial charge < -0.3 is 10.5 Å². The topological polar surface area (TPSA) is 81.4 Å². The fraction of sp³-hybridized carbons (Fsp3) is 0.143. The molecule has 0 aliphatic rings. The predicted molar refractivity (Wildman–Crippen MR) is 92.9 cm³/mol. The normalized spacial score (nSPS) is 11.1. The van der Waals surface area contributed by atoms with Crippen molar-refractivity contribution in [3.05, 3.63) is 52.1 Å². The summed E-state index contributed by atoms with van der Waals surface area (Å²) >= 11 is 2.08. The van der Waals surface area contributed by atoms with Crippen LogP contribution in [0.1, 0.15) is 0 Å². The number of benzene rings is 2. The Balaban J connectivity index is 1.91. The number of anilines is 2. The van der Waals surface area contributed by atoms with Gasteiger partial charge in [-0.3, -0.25) is 4.72 Å². The second kappa shape index (κ2) is 6.99. The summed E-state index contributed by atoms with van der Waals surface area (Å²) in [6.45, 7) is 0.0577. The fourth-order valence-electron chi connectivity index (χ4n) is 1.64. The first kappa shape index (κ1) is 15.9. The largest absolute Gasteiger partial charge is 0.492 e. The zero-order chi connectivity index (χ0) is 15.3. The van der Waals surface area contributed by atoms with Crippen molar-refractivity contribution in [2.45, 2.75) is 0 Å². The van der Waals surface area contributed by atoms with Crippen molar-refractivity contribution in [2.75, 3.05) is 22.8 Å². The lowest BCUT2D eigenvalue weighted by atomic mass is 10.3. The maximum absolute atomic E-state index is 12.0. The monoisotopic (exact) mass is 418 g/mol. The molecule has 0 atom stereocenters. The molecule has 112 valence electrons. The highest BCUT2D eigenvalue weighted by atomic mass is 127. The van der Waals surface area contributed by atoms with Crippen LogP contribution in [0.4, 0.5) is 11.4 Å². The first-order chi connectivity index (χ1) is 9.96. The first-order valence-electron chi connectivity index (χ1n) is 6.20. The molecule has 0 aromatic heterocycles. The summed E-state index contributed by atoms with van der Waals surface area (Å²) in [5.74, 6) is 0.423. The molecule has 0 aliphatic heterocycles. The maximum Gasteiger partial charge on any atom is 0.236 e. The molecule has 0 aliphatic carbocycles. The van der Waals surface area contributed by atoms with Crippen LogP contribution in [0.3, 0.4) is 0 Å². The fourth-order valence-corrected chi connectivity index (χ4v) is 3.26. The number of rotatable bonds is 6. The van der Waals surface area contributed by atoms with Crippen LogP contribution < -0.4 is 15.2 Å². The van der Waals surface area contributed by atoms with E-state index in [9.17, 15) is 8.42 Å². The van der Waals surface area contributed by atoms with E-state index in [1.165, 1.54) is 0 Å². The zero-order valence-corrected chi connectivity index (χ0v) is 14.1. The van der Waals surface area contributed by atoms with E-state index < -0.39 is 10.0 Å². The number of nitrogens with one attached hydrogen (secondary N) is 1. The Labute approximate surface area is 137 Å². The van der Waals surface area contributed by atoms with Crippen LogP contribution >= 0.6 is 22.6 Å². The van der Waals surface area contributed by atoms with Gasteiger partial charge in [-0.2, -0.15) is 0 Å². The van der Waals surface area contributed by atoms with Crippen molar-refractivity contribution in [2.24, 2.45) is 0 Å². The highest BCUT2D eigenvalue weighted by Crippen LogP contribution is 2.18. The molecule has 5 nitrogen and oxygen atoms in total. The summed E-state index contributed by atoms with van der Waals surface area (Å²) in [7, 11) is -3.45. The van der Waals surface area contributed by atoms with Crippen molar-refractivity contribution in [1.29, 1.82) is 0 Å². The molecule has 2 aromatic carbocycles. The highest BCUT2D eigenvalue weighted by Gasteiger charge is 2.12. The lowest BCUT2D eigenvalue weighted by Crippen LogP contribution is -2.21. The van der Waals surface area contributed by atoms with Crippen LogP contribution in [0.25, 0.3) is 0 Å². The van der Waals surface area contributed by atoms with Crippen LogP contribution in [0, 0.1) is 3.57 Å². The van der Waals surface area contributed by atoms with Crippen LogP contribution in [0.5, 0.6) is 5.75 Å². The van der Waals surface area contributed by atoms with Gasteiger partial charge in [-0.25, -0.2) is 8.42 Å². The quantitative estimate of drug-likeness (QED) is 0.559. The number of nitrogens with two attached hydrogens (primary N) is 1. The van der Waals surface area contributed by atoms with Gasteiger partial charge in [0.15, 0.2) is 0 Å². The van der Waals surface area contributed by atoms with Crippen LogP contribution in [0.15, 0.2) is 48.5 Å². The van der Waals surface area contributed by atoms with Gasteiger partial charge in [0.1, 0.15) is 18.1 Å². The van der Waals surface area contributed by atoms with Crippen molar-refractivity contribution in [1.82, 2.24) is 0 Å². The Kier molecular flexibility index (Phi) is 5.29. The summed E-state index contributed by atoms with van der Waals surface area (Å²) in [5, 5.41) is 0. The van der Waals surface area contributed by atoms with Crippen molar-refractivity contribution < 1.29 is 13.2 Å². The van der Waals surface area contributed by atoms with Gasteiger partial charge >= 0.3 is 0 Å². The zero-order valence-electron chi connectivity index (χ0n) is 11.1. The van der Waals surface area contributed by atoms with E-state index in [2.05, 4.69) is 27.3 Å². The Hall–Kier alpha value is -1.48. The smallest absolute Gasteiger partial charge is 0.236 e. The maximum atomic E-state index is 12.0. The molecule has 0 amide bonds. The van der Waals surface area contributed by atoms with Crippen LogP contribution in [0.2, 0.25) is 0 Å². The van der Waals surface area contributed by atoms with Gasteiger partial charge in [-0.05, 0) is 46.9 Å². The molecule has 0 saturated carbocycles. The molecule has 0 radical (unpaired) electrons. The van der Waals surface area contributed by atoms with E-state index >= 15 is 0 Å². The van der Waals surface area contributed by atoms with Crippen molar-refractivity contribution in [3.63, 3.8) is 0 Å². The first-order valence-corrected chi connectivity index (χ1v) is 8.93. The SMILES string of the molecule is Nc1cccc(OCCS(=O)(=O)Nc2ccccc2I)c1. The molecule has 21 heavy (non-hydrogen) atoms. The van der Waals surface area contributed by atoms with E-state index in [0.717, 1.165) is 3.57 Å². The molecule has 0 spiro atoms. The van der Waals surface area contributed by atoms with Gasteiger partial charge in [0, 0.05) is 15.3 Å². The van der Waals surface area contributed by atoms with Crippen molar-refractivity contribution in [3.8, 4) is 5.75 Å². The predicted octanol–water partition coefficient (Wildman–Crippen LogP) is 2.69. The van der Waals surface area contributed by atoms with Gasteiger partial charge in [0.2, 0.25) is 10.0 Å². The molecule has 2 rings (SSSR count). The van der Waals surface area contributed by atoms with Crippen LogP contribution in [-0.2, 0) is 10.0 Å². The number of hydrogen-bond donors (Lipinski definition) is 2. The van der Waals surface area contributed by atoms with Gasteiger partial charge in [-0.1, -0.05) is 18.2 Å². The molecule has 0 unspecified atom stereocenters. The average Bonchev–Trinajstić information content (AvgIpc) is 2.41. The summed E-state index contributed by atoms with van der Waals surface area (Å²) < 4.78 is 32.8. The summed E-state index contributed by atoms with van der Waals surface area (Å²) in [6, 6.07) is 14.1. The van der Waals surface area contributed by atoms with E-state index in [1.807, 2.05) is 12.1 Å². The molecule has 0 fully saturated rings. The van der Waals surface area contributed by atoms with Gasteiger partial charge in [0.25, 0.3) is 0 Å². The molecule has 0 saturated heterocycles. The number of sulfonamides is 1. The molecule has 7 heteroatoms. The molecule has 3 N–H and O–H groups in total. The lowest BCUT2D eigenvalue weighted by Gasteiger charge is -2.10. The summed E-state index contributed by atoms with van der Waals surface area (Å²) in [4.78, 5) is 0. The minimum Gasteiger partial charge on any atom is -0.492 e. The number of nitrogen functional groups attached to an aromatic ring is 1. The second-order valence-electron chi connectivity index (χ2n) is 4.32. The number of halogens is 1. The number of hydrogen-bond acceptors (Lipinski definition) is 4. The Morgan fingerprint density at radius 3 is 2.62 bits per heavy atom. The molecule has 2 aromatic rings. The third-order valence-corrected chi connectivity index (χ3v) is 4.79. The molecular formula is C14H15IN2O3S. The minimum atomic E-state index is -3.45. The highest BCUT2D eigenvalue weighted by molar-refractivity contribution is 14.1. The molecule has 0 bridgehead atoms. The third-order valence-electron chi connectivity index (χ3n) is 2.62. The Bertz CT molecular complexity index is 720. The van der Waals surface area contributed by atoms with Crippen molar-refractivity contribution >= 4 is 44.0 Å². The number of ether oxygens (including phenoxy) is 1.